The van der Waals surface area contributed by atoms with Gasteiger partial charge in [0.15, 0.2) is 0 Å². The van der Waals surface area contributed by atoms with Crippen molar-refractivity contribution in [2.75, 3.05) is 0 Å². The second-order valence-electron chi connectivity index (χ2n) is 4.91. The topological polar surface area (TPSA) is 66.4 Å². The van der Waals surface area contributed by atoms with Gasteiger partial charge in [0.05, 0.1) is 6.42 Å². The van der Waals surface area contributed by atoms with Crippen molar-refractivity contribution in [1.29, 1.82) is 0 Å². The van der Waals surface area contributed by atoms with Crippen LogP contribution < -0.4 is 5.32 Å². The van der Waals surface area contributed by atoms with Crippen LogP contribution in [-0.4, -0.2) is 22.5 Å². The number of carboxylic acids is 1. The molecule has 0 aliphatic heterocycles. The fourth-order valence-electron chi connectivity index (χ4n) is 1.79. The van der Waals surface area contributed by atoms with E-state index in [1.54, 1.807) is 11.3 Å². The van der Waals surface area contributed by atoms with Crippen LogP contribution >= 0.6 is 11.3 Å². The van der Waals surface area contributed by atoms with Crippen molar-refractivity contribution in [3.63, 3.8) is 0 Å². The first-order valence-corrected chi connectivity index (χ1v) is 6.77. The molecule has 5 heteroatoms. The van der Waals surface area contributed by atoms with Crippen molar-refractivity contribution in [1.82, 2.24) is 5.32 Å². The quantitative estimate of drug-likeness (QED) is 0.902. The van der Waals surface area contributed by atoms with Gasteiger partial charge in [-0.3, -0.25) is 4.79 Å². The van der Waals surface area contributed by atoms with E-state index in [0.29, 0.717) is 0 Å². The molecule has 1 amide bonds. The maximum absolute atomic E-state index is 11.9. The minimum Gasteiger partial charge on any atom is -0.480 e. The van der Waals surface area contributed by atoms with Crippen LogP contribution in [0.4, 0.5) is 0 Å². The predicted molar refractivity (Wildman–Crippen MR) is 75.4 cm³/mol. The minimum atomic E-state index is -1.25. The SMILES string of the molecule is CC(C)(NC(=O)Cc1csc2ccccc12)C(=O)O. The number of hydrogen-bond donors (Lipinski definition) is 2. The highest BCUT2D eigenvalue weighted by molar-refractivity contribution is 7.17. The van der Waals surface area contributed by atoms with Gasteiger partial charge in [0, 0.05) is 4.70 Å². The van der Waals surface area contributed by atoms with Crippen molar-refractivity contribution in [2.24, 2.45) is 0 Å². The molecule has 0 bridgehead atoms. The second kappa shape index (κ2) is 5.01. The van der Waals surface area contributed by atoms with Crippen molar-refractivity contribution < 1.29 is 14.7 Å². The van der Waals surface area contributed by atoms with E-state index in [1.165, 1.54) is 13.8 Å². The molecule has 0 saturated heterocycles. The number of fused-ring (bicyclic) bond motifs is 1. The number of carboxylic acid groups (broad SMARTS) is 1. The molecule has 4 nitrogen and oxygen atoms in total. The van der Waals surface area contributed by atoms with Gasteiger partial charge in [-0.1, -0.05) is 18.2 Å². The highest BCUT2D eigenvalue weighted by atomic mass is 32.1. The van der Waals surface area contributed by atoms with Gasteiger partial charge < -0.3 is 10.4 Å². The number of rotatable bonds is 4. The Hall–Kier alpha value is -1.88. The third kappa shape index (κ3) is 2.93. The van der Waals surface area contributed by atoms with Crippen LogP contribution in [-0.2, 0) is 16.0 Å². The Labute approximate surface area is 115 Å². The molecule has 0 spiro atoms. The molecule has 100 valence electrons. The van der Waals surface area contributed by atoms with Gasteiger partial charge in [-0.05, 0) is 36.2 Å². The van der Waals surface area contributed by atoms with Crippen LogP contribution in [0.25, 0.3) is 10.1 Å². The zero-order valence-corrected chi connectivity index (χ0v) is 11.6. The van der Waals surface area contributed by atoms with Crippen molar-refractivity contribution in [3.05, 3.63) is 35.2 Å². The van der Waals surface area contributed by atoms with E-state index < -0.39 is 11.5 Å². The predicted octanol–water partition coefficient (Wildman–Crippen LogP) is 2.42. The monoisotopic (exact) mass is 277 g/mol. The van der Waals surface area contributed by atoms with Crippen LogP contribution in [0.1, 0.15) is 19.4 Å². The summed E-state index contributed by atoms with van der Waals surface area (Å²) < 4.78 is 1.13. The molecule has 0 atom stereocenters. The molecular weight excluding hydrogens is 262 g/mol. The van der Waals surface area contributed by atoms with Gasteiger partial charge >= 0.3 is 5.97 Å². The first-order chi connectivity index (χ1) is 8.90. The van der Waals surface area contributed by atoms with Gasteiger partial charge in [-0.15, -0.1) is 11.3 Å². The number of amides is 1. The second-order valence-corrected chi connectivity index (χ2v) is 5.82. The van der Waals surface area contributed by atoms with E-state index in [0.717, 1.165) is 15.6 Å². The number of thiophene rings is 1. The van der Waals surface area contributed by atoms with Crippen molar-refractivity contribution >= 4 is 33.3 Å². The van der Waals surface area contributed by atoms with E-state index in [4.69, 9.17) is 5.11 Å². The molecule has 2 N–H and O–H groups in total. The molecule has 1 aromatic carbocycles. The van der Waals surface area contributed by atoms with Crippen LogP contribution in [0.15, 0.2) is 29.6 Å². The van der Waals surface area contributed by atoms with Crippen molar-refractivity contribution in [3.8, 4) is 0 Å². The maximum Gasteiger partial charge on any atom is 0.328 e. The van der Waals surface area contributed by atoms with Gasteiger partial charge in [-0.25, -0.2) is 4.79 Å². The summed E-state index contributed by atoms with van der Waals surface area (Å²) in [6.07, 6.45) is 0.195. The summed E-state index contributed by atoms with van der Waals surface area (Å²) in [4.78, 5) is 22.9. The fraction of sp³-hybridized carbons (Fsp3) is 0.286. The minimum absolute atomic E-state index is 0.195. The van der Waals surface area contributed by atoms with E-state index in [1.807, 2.05) is 29.6 Å². The molecule has 0 unspecified atom stereocenters. The highest BCUT2D eigenvalue weighted by Crippen LogP contribution is 2.25. The molecule has 2 rings (SSSR count). The van der Waals surface area contributed by atoms with E-state index in [9.17, 15) is 9.59 Å². The standard InChI is InChI=1S/C14H15NO3S/c1-14(2,13(17)18)15-12(16)7-9-8-19-11-6-4-3-5-10(9)11/h3-6,8H,7H2,1-2H3,(H,15,16)(H,17,18). The normalized spacial score (nSPS) is 11.5. The number of nitrogens with one attached hydrogen (secondary N) is 1. The van der Waals surface area contributed by atoms with Gasteiger partial charge in [-0.2, -0.15) is 0 Å². The Bertz CT molecular complexity index is 630. The molecular formula is C14H15NO3S. The summed E-state index contributed by atoms with van der Waals surface area (Å²) in [6.45, 7) is 2.94. The summed E-state index contributed by atoms with van der Waals surface area (Å²) in [5.74, 6) is -1.33. The molecule has 2 aromatic rings. The lowest BCUT2D eigenvalue weighted by molar-refractivity contribution is -0.145. The number of carbonyl (C=O) groups excluding carboxylic acids is 1. The Kier molecular flexibility index (Phi) is 3.57. The van der Waals surface area contributed by atoms with Crippen LogP contribution in [0, 0.1) is 0 Å². The number of hydrogen-bond acceptors (Lipinski definition) is 3. The van der Waals surface area contributed by atoms with E-state index in [-0.39, 0.29) is 12.3 Å². The smallest absolute Gasteiger partial charge is 0.328 e. The molecule has 0 aliphatic rings. The summed E-state index contributed by atoms with van der Waals surface area (Å²) in [7, 11) is 0. The molecule has 0 aliphatic carbocycles. The molecule has 1 aromatic heterocycles. The largest absolute Gasteiger partial charge is 0.480 e. The molecule has 1 heterocycles. The lowest BCUT2D eigenvalue weighted by atomic mass is 10.0. The number of carbonyl (C=O) groups is 2. The fourth-order valence-corrected chi connectivity index (χ4v) is 2.75. The summed E-state index contributed by atoms with van der Waals surface area (Å²) in [5, 5.41) is 14.5. The van der Waals surface area contributed by atoms with Crippen LogP contribution in [0.5, 0.6) is 0 Å². The van der Waals surface area contributed by atoms with Crippen molar-refractivity contribution in [2.45, 2.75) is 25.8 Å². The Morgan fingerprint density at radius 3 is 2.68 bits per heavy atom. The molecule has 0 fully saturated rings. The third-order valence-electron chi connectivity index (χ3n) is 2.90. The maximum atomic E-state index is 11.9. The van der Waals surface area contributed by atoms with Crippen LogP contribution in [0.3, 0.4) is 0 Å². The lowest BCUT2D eigenvalue weighted by Gasteiger charge is -2.20. The summed E-state index contributed by atoms with van der Waals surface area (Å²) >= 11 is 1.58. The van der Waals surface area contributed by atoms with E-state index >= 15 is 0 Å². The molecule has 0 saturated carbocycles. The summed E-state index contributed by atoms with van der Waals surface area (Å²) in [5.41, 5.74) is -0.317. The zero-order chi connectivity index (χ0) is 14.0. The Morgan fingerprint density at radius 1 is 1.32 bits per heavy atom. The van der Waals surface area contributed by atoms with E-state index in [2.05, 4.69) is 5.32 Å². The van der Waals surface area contributed by atoms with Crippen LogP contribution in [0.2, 0.25) is 0 Å². The van der Waals surface area contributed by atoms with Gasteiger partial charge in [0.2, 0.25) is 5.91 Å². The molecule has 0 radical (unpaired) electrons. The average Bonchev–Trinajstić information content (AvgIpc) is 2.72. The van der Waals surface area contributed by atoms with Gasteiger partial charge in [0.1, 0.15) is 5.54 Å². The van der Waals surface area contributed by atoms with Gasteiger partial charge in [0.25, 0.3) is 0 Å². The number of benzene rings is 1. The first-order valence-electron chi connectivity index (χ1n) is 5.89. The summed E-state index contributed by atoms with van der Waals surface area (Å²) in [6, 6.07) is 7.85. The first kappa shape index (κ1) is 13.5. The third-order valence-corrected chi connectivity index (χ3v) is 3.91. The zero-order valence-electron chi connectivity index (χ0n) is 10.8. The Morgan fingerprint density at radius 2 is 2.00 bits per heavy atom. The number of aliphatic carboxylic acids is 1. The lowest BCUT2D eigenvalue weighted by Crippen LogP contribution is -2.50. The average molecular weight is 277 g/mol. The highest BCUT2D eigenvalue weighted by Gasteiger charge is 2.28. The Balaban J connectivity index is 2.13. The molecule has 19 heavy (non-hydrogen) atoms.